The predicted molar refractivity (Wildman–Crippen MR) is 82.0 cm³/mol. The molecule has 0 saturated heterocycles. The van der Waals surface area contributed by atoms with Gasteiger partial charge in [0.05, 0.1) is 0 Å². The van der Waals surface area contributed by atoms with Gasteiger partial charge in [-0.05, 0) is 39.9 Å². The van der Waals surface area contributed by atoms with E-state index in [1.54, 1.807) is 0 Å². The average Bonchev–Trinajstić information content (AvgIpc) is 2.47. The SMILES string of the molecule is O=C(O)CCCc1cccc2c1ccc1ccccc12. The van der Waals surface area contributed by atoms with E-state index in [0.29, 0.717) is 6.42 Å². The fourth-order valence-electron chi connectivity index (χ4n) is 2.75. The van der Waals surface area contributed by atoms with Crippen LogP contribution in [0.1, 0.15) is 18.4 Å². The van der Waals surface area contributed by atoms with Gasteiger partial charge in [0.15, 0.2) is 0 Å². The largest absolute Gasteiger partial charge is 0.481 e. The van der Waals surface area contributed by atoms with Gasteiger partial charge in [-0.3, -0.25) is 4.79 Å². The number of hydrogen-bond donors (Lipinski definition) is 1. The third-order valence-corrected chi connectivity index (χ3v) is 3.71. The Kier molecular flexibility index (Phi) is 3.38. The molecule has 0 atom stereocenters. The molecular weight excluding hydrogens is 248 g/mol. The molecule has 0 saturated carbocycles. The average molecular weight is 264 g/mol. The smallest absolute Gasteiger partial charge is 0.303 e. The molecule has 3 aromatic carbocycles. The van der Waals surface area contributed by atoms with Crippen LogP contribution in [0.4, 0.5) is 0 Å². The molecule has 0 aromatic heterocycles. The number of carbonyl (C=O) groups is 1. The minimum Gasteiger partial charge on any atom is -0.481 e. The summed E-state index contributed by atoms with van der Waals surface area (Å²) in [4.78, 5) is 10.6. The van der Waals surface area contributed by atoms with Crippen LogP contribution in [0.15, 0.2) is 54.6 Å². The molecule has 0 unspecified atom stereocenters. The van der Waals surface area contributed by atoms with Crippen LogP contribution in [0.5, 0.6) is 0 Å². The van der Waals surface area contributed by atoms with Gasteiger partial charge < -0.3 is 5.11 Å². The molecule has 0 amide bonds. The number of carboxylic acid groups (broad SMARTS) is 1. The molecule has 3 rings (SSSR count). The van der Waals surface area contributed by atoms with E-state index in [1.807, 2.05) is 6.07 Å². The predicted octanol–water partition coefficient (Wildman–Crippen LogP) is 4.40. The second-order valence-corrected chi connectivity index (χ2v) is 5.05. The molecule has 20 heavy (non-hydrogen) atoms. The molecule has 100 valence electrons. The van der Waals surface area contributed by atoms with E-state index in [9.17, 15) is 4.79 Å². The molecular formula is C18H16O2. The van der Waals surface area contributed by atoms with Crippen LogP contribution in [-0.4, -0.2) is 11.1 Å². The topological polar surface area (TPSA) is 37.3 Å². The molecule has 0 aliphatic heterocycles. The van der Waals surface area contributed by atoms with Crippen LogP contribution in [0, 0.1) is 0 Å². The highest BCUT2D eigenvalue weighted by Gasteiger charge is 2.05. The van der Waals surface area contributed by atoms with Crippen LogP contribution >= 0.6 is 0 Å². The first-order valence-corrected chi connectivity index (χ1v) is 6.87. The Balaban J connectivity index is 2.06. The van der Waals surface area contributed by atoms with E-state index in [0.717, 1.165) is 6.42 Å². The summed E-state index contributed by atoms with van der Waals surface area (Å²) in [5.74, 6) is -0.726. The Bertz CT molecular complexity index is 775. The molecule has 0 radical (unpaired) electrons. The van der Waals surface area contributed by atoms with Crippen LogP contribution in [-0.2, 0) is 11.2 Å². The molecule has 2 heteroatoms. The molecule has 0 heterocycles. The molecule has 0 aliphatic rings. The lowest BCUT2D eigenvalue weighted by atomic mass is 9.96. The first kappa shape index (κ1) is 12.7. The summed E-state index contributed by atoms with van der Waals surface area (Å²) in [7, 11) is 0. The Labute approximate surface area is 117 Å². The van der Waals surface area contributed by atoms with Crippen molar-refractivity contribution in [1.82, 2.24) is 0 Å². The molecule has 1 N–H and O–H groups in total. The second-order valence-electron chi connectivity index (χ2n) is 5.05. The van der Waals surface area contributed by atoms with Gasteiger partial charge in [0.25, 0.3) is 0 Å². The summed E-state index contributed by atoms with van der Waals surface area (Å²) in [6.45, 7) is 0. The number of aliphatic carboxylic acids is 1. The van der Waals surface area contributed by atoms with E-state index in [1.165, 1.54) is 27.1 Å². The van der Waals surface area contributed by atoms with Gasteiger partial charge in [0.2, 0.25) is 0 Å². The van der Waals surface area contributed by atoms with E-state index in [2.05, 4.69) is 48.5 Å². The van der Waals surface area contributed by atoms with Gasteiger partial charge in [-0.15, -0.1) is 0 Å². The van der Waals surface area contributed by atoms with Crippen molar-refractivity contribution < 1.29 is 9.90 Å². The second kappa shape index (κ2) is 5.33. The van der Waals surface area contributed by atoms with Crippen LogP contribution < -0.4 is 0 Å². The standard InChI is InChI=1S/C18H16O2/c19-18(20)10-4-7-13-6-3-9-17-15-8-2-1-5-14(15)11-12-16(13)17/h1-3,5-6,8-9,11-12H,4,7,10H2,(H,19,20). The third-order valence-electron chi connectivity index (χ3n) is 3.71. The van der Waals surface area contributed by atoms with Crippen molar-refractivity contribution in [3.63, 3.8) is 0 Å². The summed E-state index contributed by atoms with van der Waals surface area (Å²) in [6, 6.07) is 18.9. The minimum absolute atomic E-state index is 0.226. The lowest BCUT2D eigenvalue weighted by Crippen LogP contribution is -1.96. The summed E-state index contributed by atoms with van der Waals surface area (Å²) in [5.41, 5.74) is 1.23. The zero-order valence-corrected chi connectivity index (χ0v) is 11.2. The number of aryl methyl sites for hydroxylation is 1. The monoisotopic (exact) mass is 264 g/mol. The summed E-state index contributed by atoms with van der Waals surface area (Å²) in [5, 5.41) is 13.7. The zero-order chi connectivity index (χ0) is 13.9. The number of hydrogen-bond acceptors (Lipinski definition) is 1. The van der Waals surface area contributed by atoms with Gasteiger partial charge in [-0.2, -0.15) is 0 Å². The fourth-order valence-corrected chi connectivity index (χ4v) is 2.75. The van der Waals surface area contributed by atoms with Crippen LogP contribution in [0.2, 0.25) is 0 Å². The Morgan fingerprint density at radius 3 is 2.50 bits per heavy atom. The van der Waals surface area contributed by atoms with Crippen molar-refractivity contribution in [3.05, 3.63) is 60.2 Å². The number of fused-ring (bicyclic) bond motifs is 3. The molecule has 3 aromatic rings. The fraction of sp³-hybridized carbons (Fsp3) is 0.167. The molecule has 2 nitrogen and oxygen atoms in total. The van der Waals surface area contributed by atoms with Crippen LogP contribution in [0.25, 0.3) is 21.5 Å². The Morgan fingerprint density at radius 2 is 1.65 bits per heavy atom. The van der Waals surface area contributed by atoms with E-state index in [4.69, 9.17) is 5.11 Å². The van der Waals surface area contributed by atoms with Gasteiger partial charge in [0, 0.05) is 6.42 Å². The van der Waals surface area contributed by atoms with E-state index < -0.39 is 5.97 Å². The molecule has 0 bridgehead atoms. The quantitative estimate of drug-likeness (QED) is 0.709. The van der Waals surface area contributed by atoms with Gasteiger partial charge in [-0.1, -0.05) is 54.6 Å². The van der Waals surface area contributed by atoms with Crippen LogP contribution in [0.3, 0.4) is 0 Å². The van der Waals surface area contributed by atoms with Crippen molar-refractivity contribution in [2.45, 2.75) is 19.3 Å². The lowest BCUT2D eigenvalue weighted by Gasteiger charge is -2.08. The highest BCUT2D eigenvalue weighted by Crippen LogP contribution is 2.28. The van der Waals surface area contributed by atoms with E-state index in [-0.39, 0.29) is 6.42 Å². The van der Waals surface area contributed by atoms with Crippen molar-refractivity contribution in [2.24, 2.45) is 0 Å². The lowest BCUT2D eigenvalue weighted by molar-refractivity contribution is -0.137. The first-order valence-electron chi connectivity index (χ1n) is 6.87. The molecule has 0 fully saturated rings. The first-order chi connectivity index (χ1) is 9.75. The van der Waals surface area contributed by atoms with Crippen molar-refractivity contribution in [1.29, 1.82) is 0 Å². The maximum atomic E-state index is 10.6. The summed E-state index contributed by atoms with van der Waals surface area (Å²) < 4.78 is 0. The zero-order valence-electron chi connectivity index (χ0n) is 11.2. The maximum Gasteiger partial charge on any atom is 0.303 e. The number of benzene rings is 3. The third kappa shape index (κ3) is 2.37. The van der Waals surface area contributed by atoms with Crippen molar-refractivity contribution >= 4 is 27.5 Å². The summed E-state index contributed by atoms with van der Waals surface area (Å²) in [6.07, 6.45) is 1.72. The highest BCUT2D eigenvalue weighted by molar-refractivity contribution is 6.08. The minimum atomic E-state index is -0.726. The van der Waals surface area contributed by atoms with Gasteiger partial charge in [-0.25, -0.2) is 0 Å². The van der Waals surface area contributed by atoms with E-state index >= 15 is 0 Å². The van der Waals surface area contributed by atoms with Crippen molar-refractivity contribution in [2.75, 3.05) is 0 Å². The normalized spacial score (nSPS) is 11.0. The molecule has 0 aliphatic carbocycles. The Morgan fingerprint density at radius 1 is 0.850 bits per heavy atom. The van der Waals surface area contributed by atoms with Gasteiger partial charge in [0.1, 0.15) is 0 Å². The number of rotatable bonds is 4. The van der Waals surface area contributed by atoms with Gasteiger partial charge >= 0.3 is 5.97 Å². The summed E-state index contributed by atoms with van der Waals surface area (Å²) >= 11 is 0. The highest BCUT2D eigenvalue weighted by atomic mass is 16.4. The number of carboxylic acids is 1. The maximum absolute atomic E-state index is 10.6. The Hall–Kier alpha value is -2.35. The molecule has 0 spiro atoms. The van der Waals surface area contributed by atoms with Crippen molar-refractivity contribution in [3.8, 4) is 0 Å².